The van der Waals surface area contributed by atoms with Gasteiger partial charge in [0.25, 0.3) is 0 Å². The minimum atomic E-state index is -4.75. The van der Waals surface area contributed by atoms with Crippen LogP contribution in [0.5, 0.6) is 5.75 Å². The van der Waals surface area contributed by atoms with Crippen LogP contribution in [0, 0.1) is 20.8 Å². The second kappa shape index (κ2) is 12.4. The lowest BCUT2D eigenvalue weighted by molar-refractivity contribution is -0.171. The molecule has 0 radical (unpaired) electrons. The zero-order valence-corrected chi connectivity index (χ0v) is 26.1. The molecule has 0 N–H and O–H groups in total. The highest BCUT2D eigenvalue weighted by molar-refractivity contribution is 5.79. The summed E-state index contributed by atoms with van der Waals surface area (Å²) < 4.78 is 62.0. The summed E-state index contributed by atoms with van der Waals surface area (Å²) in [5.41, 5.74) is 1.91. The molecule has 0 spiro atoms. The number of aryl methyl sites for hydroxylation is 3. The van der Waals surface area contributed by atoms with Gasteiger partial charge >= 0.3 is 18.0 Å². The van der Waals surface area contributed by atoms with Crippen LogP contribution >= 0.6 is 0 Å². The van der Waals surface area contributed by atoms with Crippen LogP contribution in [0.4, 0.5) is 13.2 Å². The van der Waals surface area contributed by atoms with Crippen molar-refractivity contribution in [1.82, 2.24) is 20.1 Å². The number of nitrogens with zero attached hydrogens (tertiary/aromatic N) is 4. The number of esters is 1. The van der Waals surface area contributed by atoms with Crippen LogP contribution in [0.3, 0.4) is 0 Å². The fourth-order valence-corrected chi connectivity index (χ4v) is 4.53. The van der Waals surface area contributed by atoms with Crippen molar-refractivity contribution >= 4 is 5.97 Å². The predicted octanol–water partition coefficient (Wildman–Crippen LogP) is 7.37. The van der Waals surface area contributed by atoms with E-state index in [0.29, 0.717) is 29.6 Å². The lowest BCUT2D eigenvalue weighted by Crippen LogP contribution is -2.43. The van der Waals surface area contributed by atoms with E-state index in [2.05, 4.69) is 15.2 Å². The van der Waals surface area contributed by atoms with Gasteiger partial charge in [0.2, 0.25) is 11.8 Å². The lowest BCUT2D eigenvalue weighted by Gasteiger charge is -2.30. The van der Waals surface area contributed by atoms with E-state index in [1.54, 1.807) is 41.5 Å². The number of aromatic nitrogens is 3. The van der Waals surface area contributed by atoms with E-state index in [1.165, 1.54) is 0 Å². The molecule has 4 aromatic rings. The molecule has 2 heterocycles. The summed E-state index contributed by atoms with van der Waals surface area (Å²) in [4.78, 5) is 19.3. The Morgan fingerprint density at radius 1 is 0.886 bits per heavy atom. The van der Waals surface area contributed by atoms with Crippen LogP contribution in [0.15, 0.2) is 51.3 Å². The molecule has 0 aliphatic heterocycles. The predicted molar refractivity (Wildman–Crippen MR) is 155 cm³/mol. The Morgan fingerprint density at radius 3 is 2.09 bits per heavy atom. The third-order valence-corrected chi connectivity index (χ3v) is 6.53. The van der Waals surface area contributed by atoms with Crippen molar-refractivity contribution in [3.8, 4) is 17.2 Å². The molecule has 0 atom stereocenters. The molecule has 9 nitrogen and oxygen atoms in total. The molecule has 0 aliphatic carbocycles. The molecular formula is C32H37F3N4O5. The summed E-state index contributed by atoms with van der Waals surface area (Å²) in [6, 6.07) is 13.2. The number of benzene rings is 2. The highest BCUT2D eigenvalue weighted by Crippen LogP contribution is 2.32. The number of oxazole rings is 1. The van der Waals surface area contributed by atoms with Gasteiger partial charge in [0.15, 0.2) is 5.60 Å². The quantitative estimate of drug-likeness (QED) is 0.169. The summed E-state index contributed by atoms with van der Waals surface area (Å²) in [7, 11) is 0. The average molecular weight is 615 g/mol. The Kier molecular flexibility index (Phi) is 9.24. The number of rotatable bonds is 10. The highest BCUT2D eigenvalue weighted by atomic mass is 19.4. The fourth-order valence-electron chi connectivity index (χ4n) is 4.53. The normalized spacial score (nSPS) is 12.5. The van der Waals surface area contributed by atoms with Gasteiger partial charge in [0.1, 0.15) is 17.1 Å². The van der Waals surface area contributed by atoms with Crippen molar-refractivity contribution in [2.45, 2.75) is 92.4 Å². The summed E-state index contributed by atoms with van der Waals surface area (Å²) in [6.45, 7) is 14.6. The molecule has 0 fully saturated rings. The molecule has 236 valence electrons. The molecule has 0 bridgehead atoms. The topological polar surface area (TPSA) is 104 Å². The molecule has 12 heteroatoms. The van der Waals surface area contributed by atoms with Gasteiger partial charge in [-0.15, -0.1) is 10.2 Å². The van der Waals surface area contributed by atoms with Gasteiger partial charge in [-0.3, -0.25) is 4.90 Å². The van der Waals surface area contributed by atoms with Crippen LogP contribution in [0.2, 0.25) is 0 Å². The van der Waals surface area contributed by atoms with Crippen molar-refractivity contribution < 1.29 is 36.3 Å². The van der Waals surface area contributed by atoms with Gasteiger partial charge in [-0.25, -0.2) is 9.78 Å². The van der Waals surface area contributed by atoms with Crippen LogP contribution in [0.25, 0.3) is 11.5 Å². The maximum Gasteiger partial charge on any atom is 0.470 e. The van der Waals surface area contributed by atoms with Crippen molar-refractivity contribution in [3.05, 3.63) is 82.4 Å². The summed E-state index contributed by atoms with van der Waals surface area (Å²) >= 11 is 0. The molecule has 0 aliphatic rings. The molecule has 2 aromatic heterocycles. The molecule has 2 aromatic carbocycles. The monoisotopic (exact) mass is 614 g/mol. The molecule has 0 unspecified atom stereocenters. The Bertz CT molecular complexity index is 1580. The van der Waals surface area contributed by atoms with Crippen LogP contribution in [0.1, 0.15) is 74.5 Å². The van der Waals surface area contributed by atoms with Crippen molar-refractivity contribution in [2.75, 3.05) is 0 Å². The summed E-state index contributed by atoms with van der Waals surface area (Å²) in [6.07, 6.45) is -4.75. The smallest absolute Gasteiger partial charge is 0.470 e. The maximum absolute atomic E-state index is 13.2. The molecular weight excluding hydrogens is 577 g/mol. The van der Waals surface area contributed by atoms with Crippen LogP contribution in [-0.2, 0) is 35.3 Å². The van der Waals surface area contributed by atoms with Gasteiger partial charge < -0.3 is 18.3 Å². The molecule has 0 saturated carbocycles. The van der Waals surface area contributed by atoms with Crippen molar-refractivity contribution in [2.24, 2.45) is 0 Å². The van der Waals surface area contributed by atoms with Gasteiger partial charge in [0, 0.05) is 18.7 Å². The Balaban J connectivity index is 1.60. The number of halogens is 3. The Morgan fingerprint density at radius 2 is 1.52 bits per heavy atom. The first kappa shape index (κ1) is 32.7. The van der Waals surface area contributed by atoms with E-state index in [0.717, 1.165) is 22.3 Å². The third kappa shape index (κ3) is 8.25. The van der Waals surface area contributed by atoms with Crippen LogP contribution in [-0.4, -0.2) is 37.3 Å². The lowest BCUT2D eigenvalue weighted by atomic mass is 10.0. The van der Waals surface area contributed by atoms with E-state index >= 15 is 0 Å². The van der Waals surface area contributed by atoms with Crippen molar-refractivity contribution in [1.29, 1.82) is 0 Å². The minimum absolute atomic E-state index is 0.0714. The first-order chi connectivity index (χ1) is 20.4. The standard InChI is InChI=1S/C32H37F3N4O5/c1-19-14-22(15-20(2)26(19)43-31(7,8)29(40)44-30(4,5)6)16-39(18-25-37-38-28(42-25)32(33,34)35)17-24-21(3)41-27(36-24)23-12-10-9-11-13-23/h9-15H,16-18H2,1-8H3. The van der Waals surface area contributed by atoms with Crippen LogP contribution < -0.4 is 4.74 Å². The Hall–Kier alpha value is -4.19. The van der Waals surface area contributed by atoms with E-state index < -0.39 is 29.2 Å². The van der Waals surface area contributed by atoms with E-state index in [9.17, 15) is 18.0 Å². The molecule has 0 saturated heterocycles. The van der Waals surface area contributed by atoms with E-state index in [-0.39, 0.29) is 19.0 Å². The number of alkyl halides is 3. The average Bonchev–Trinajstić information content (AvgIpc) is 3.52. The first-order valence-corrected chi connectivity index (χ1v) is 14.1. The third-order valence-electron chi connectivity index (χ3n) is 6.53. The van der Waals surface area contributed by atoms with Gasteiger partial charge in [-0.2, -0.15) is 13.2 Å². The summed E-state index contributed by atoms with van der Waals surface area (Å²) in [5, 5.41) is 6.80. The SMILES string of the molecule is Cc1cc(CN(Cc2nnc(C(F)(F)F)o2)Cc2nc(-c3ccccc3)oc2C)cc(C)c1OC(C)(C)C(=O)OC(C)(C)C. The Labute approximate surface area is 254 Å². The fraction of sp³-hybridized carbons (Fsp3) is 0.438. The minimum Gasteiger partial charge on any atom is -0.476 e. The van der Waals surface area contributed by atoms with E-state index in [1.807, 2.05) is 61.2 Å². The second-order valence-corrected chi connectivity index (χ2v) is 12.2. The zero-order valence-electron chi connectivity index (χ0n) is 26.1. The van der Waals surface area contributed by atoms with Gasteiger partial charge in [-0.1, -0.05) is 30.3 Å². The molecule has 4 rings (SSSR count). The largest absolute Gasteiger partial charge is 0.476 e. The number of ether oxygens (including phenoxy) is 2. The summed E-state index contributed by atoms with van der Waals surface area (Å²) in [5.74, 6) is -0.518. The maximum atomic E-state index is 13.2. The number of hydrogen-bond donors (Lipinski definition) is 0. The highest BCUT2D eigenvalue weighted by Gasteiger charge is 2.38. The van der Waals surface area contributed by atoms with Crippen molar-refractivity contribution in [3.63, 3.8) is 0 Å². The van der Waals surface area contributed by atoms with E-state index in [4.69, 9.17) is 18.3 Å². The first-order valence-electron chi connectivity index (χ1n) is 14.1. The van der Waals surface area contributed by atoms with Gasteiger partial charge in [-0.05, 0) is 84.2 Å². The second-order valence-electron chi connectivity index (χ2n) is 12.2. The zero-order chi connectivity index (χ0) is 32.4. The number of carbonyl (C=O) groups is 1. The molecule has 44 heavy (non-hydrogen) atoms. The van der Waals surface area contributed by atoms with Gasteiger partial charge in [0.05, 0.1) is 12.2 Å². The number of carbonyl (C=O) groups excluding carboxylic acids is 1. The molecule has 0 amide bonds. The number of hydrogen-bond acceptors (Lipinski definition) is 9.